The van der Waals surface area contributed by atoms with E-state index < -0.39 is 0 Å². The lowest BCUT2D eigenvalue weighted by molar-refractivity contribution is 0.302. The van der Waals surface area contributed by atoms with E-state index in [0.29, 0.717) is 21.1 Å². The fraction of sp³-hybridized carbons (Fsp3) is 0.0435. The van der Waals surface area contributed by atoms with Crippen LogP contribution in [0.1, 0.15) is 11.1 Å². The summed E-state index contributed by atoms with van der Waals surface area (Å²) in [6.07, 6.45) is 1.89. The van der Waals surface area contributed by atoms with Gasteiger partial charge in [-0.1, -0.05) is 53.3 Å². The zero-order valence-corrected chi connectivity index (χ0v) is 21.1. The highest BCUT2D eigenvalue weighted by atomic mass is 127. The third kappa shape index (κ3) is 4.00. The summed E-state index contributed by atoms with van der Waals surface area (Å²) in [7, 11) is 0. The molecule has 2 aromatic heterocycles. The molecule has 5 rings (SSSR count). The highest BCUT2D eigenvalue weighted by Gasteiger charge is 2.13. The molecule has 0 radical (unpaired) electrons. The van der Waals surface area contributed by atoms with E-state index in [4.69, 9.17) is 16.3 Å². The van der Waals surface area contributed by atoms with Crippen LogP contribution < -0.4 is 14.8 Å². The number of fused-ring (bicyclic) bond motifs is 3. The van der Waals surface area contributed by atoms with Gasteiger partial charge in [0.15, 0.2) is 4.96 Å². The van der Waals surface area contributed by atoms with Gasteiger partial charge in [0, 0.05) is 10.6 Å². The standard InChI is InChI=1S/C23H13BrClIN2O2S/c24-15-9-13(10-17(26)21(15)30-12-14-5-1-2-6-16(14)25)11-20-22(29)28-19-8-4-3-7-18(19)27-23(28)31-20/h1-11H,12H2/b20-11-. The summed E-state index contributed by atoms with van der Waals surface area (Å²) in [5.41, 5.74) is 3.44. The molecular formula is C23H13BrClIN2O2S. The Balaban J connectivity index is 1.50. The minimum atomic E-state index is -0.0566. The Morgan fingerprint density at radius 3 is 2.74 bits per heavy atom. The number of thiazole rings is 1. The van der Waals surface area contributed by atoms with Gasteiger partial charge in [0.1, 0.15) is 12.4 Å². The first kappa shape index (κ1) is 20.9. The van der Waals surface area contributed by atoms with Crippen molar-refractivity contribution in [1.29, 1.82) is 0 Å². The van der Waals surface area contributed by atoms with Gasteiger partial charge in [-0.2, -0.15) is 0 Å². The number of hydrogen-bond acceptors (Lipinski definition) is 4. The van der Waals surface area contributed by atoms with E-state index in [1.54, 1.807) is 4.40 Å². The van der Waals surface area contributed by atoms with Crippen molar-refractivity contribution in [3.8, 4) is 5.75 Å². The molecule has 0 saturated heterocycles. The molecule has 3 aromatic carbocycles. The maximum absolute atomic E-state index is 13.0. The normalized spacial score (nSPS) is 12.2. The lowest BCUT2D eigenvalue weighted by Gasteiger charge is -2.12. The number of ether oxygens (including phenoxy) is 1. The van der Waals surface area contributed by atoms with E-state index in [0.717, 1.165) is 36.0 Å². The van der Waals surface area contributed by atoms with E-state index in [2.05, 4.69) is 43.5 Å². The number of aromatic nitrogens is 2. The van der Waals surface area contributed by atoms with Crippen molar-refractivity contribution in [1.82, 2.24) is 9.38 Å². The number of hydrogen-bond donors (Lipinski definition) is 0. The lowest BCUT2D eigenvalue weighted by Crippen LogP contribution is -2.22. The molecule has 0 saturated carbocycles. The summed E-state index contributed by atoms with van der Waals surface area (Å²) in [6.45, 7) is 0.372. The molecule has 0 atom stereocenters. The summed E-state index contributed by atoms with van der Waals surface area (Å²) in [6, 6.07) is 19.2. The van der Waals surface area contributed by atoms with E-state index >= 15 is 0 Å². The van der Waals surface area contributed by atoms with Crippen molar-refractivity contribution < 1.29 is 4.74 Å². The fourth-order valence-corrected chi connectivity index (χ4v) is 6.28. The zero-order chi connectivity index (χ0) is 21.5. The molecule has 2 heterocycles. The average Bonchev–Trinajstić information content (AvgIpc) is 3.25. The van der Waals surface area contributed by atoms with Gasteiger partial charge in [0.25, 0.3) is 5.56 Å². The Morgan fingerprint density at radius 1 is 1.16 bits per heavy atom. The van der Waals surface area contributed by atoms with E-state index in [1.165, 1.54) is 11.3 Å². The number of benzene rings is 3. The first-order valence-electron chi connectivity index (χ1n) is 9.28. The van der Waals surface area contributed by atoms with Crippen LogP contribution in [0.25, 0.3) is 22.1 Å². The molecule has 0 N–H and O–H groups in total. The largest absolute Gasteiger partial charge is 0.487 e. The monoisotopic (exact) mass is 622 g/mol. The maximum Gasteiger partial charge on any atom is 0.274 e. The van der Waals surface area contributed by atoms with Crippen LogP contribution in [0, 0.1) is 3.57 Å². The van der Waals surface area contributed by atoms with Crippen LogP contribution in [-0.2, 0) is 6.61 Å². The molecule has 31 heavy (non-hydrogen) atoms. The fourth-order valence-electron chi connectivity index (χ4n) is 3.33. The molecule has 5 aromatic rings. The van der Waals surface area contributed by atoms with Crippen LogP contribution in [-0.4, -0.2) is 9.38 Å². The van der Waals surface area contributed by atoms with Gasteiger partial charge in [0.2, 0.25) is 0 Å². The van der Waals surface area contributed by atoms with Crippen LogP contribution in [0.15, 0.2) is 69.9 Å². The zero-order valence-electron chi connectivity index (χ0n) is 15.8. The van der Waals surface area contributed by atoms with Crippen molar-refractivity contribution in [3.05, 3.63) is 99.7 Å². The summed E-state index contributed by atoms with van der Waals surface area (Å²) in [5.74, 6) is 0.743. The predicted octanol–water partition coefficient (Wildman–Crippen LogP) is 6.06. The third-order valence-corrected chi connectivity index (χ3v) is 7.52. The van der Waals surface area contributed by atoms with Crippen molar-refractivity contribution in [2.45, 2.75) is 6.61 Å². The smallest absolute Gasteiger partial charge is 0.274 e. The quantitative estimate of drug-likeness (QED) is 0.229. The van der Waals surface area contributed by atoms with E-state index in [1.807, 2.05) is 66.7 Å². The molecule has 0 amide bonds. The maximum atomic E-state index is 13.0. The number of imidazole rings is 1. The van der Waals surface area contributed by atoms with Crippen LogP contribution >= 0.6 is 61.5 Å². The SMILES string of the molecule is O=c1/c(=C/c2cc(Br)c(OCc3ccccc3Cl)c(I)c2)sc2nc3ccccc3n12. The molecule has 0 aliphatic carbocycles. The Bertz CT molecular complexity index is 1540. The number of halogens is 3. The van der Waals surface area contributed by atoms with Crippen LogP contribution in [0.5, 0.6) is 5.75 Å². The van der Waals surface area contributed by atoms with Crippen molar-refractivity contribution in [2.75, 3.05) is 0 Å². The van der Waals surface area contributed by atoms with E-state index in [-0.39, 0.29) is 5.56 Å². The Hall–Kier alpha value is -1.94. The third-order valence-electron chi connectivity index (χ3n) is 4.79. The van der Waals surface area contributed by atoms with E-state index in [9.17, 15) is 4.79 Å². The molecule has 4 nitrogen and oxygen atoms in total. The highest BCUT2D eigenvalue weighted by molar-refractivity contribution is 14.1. The predicted molar refractivity (Wildman–Crippen MR) is 138 cm³/mol. The Morgan fingerprint density at radius 2 is 1.94 bits per heavy atom. The Labute approximate surface area is 208 Å². The van der Waals surface area contributed by atoms with Gasteiger partial charge >= 0.3 is 0 Å². The molecule has 0 aliphatic heterocycles. The van der Waals surface area contributed by atoms with Crippen LogP contribution in [0.2, 0.25) is 5.02 Å². The summed E-state index contributed by atoms with van der Waals surface area (Å²) in [4.78, 5) is 18.3. The second-order valence-electron chi connectivity index (χ2n) is 6.83. The van der Waals surface area contributed by atoms with Crippen molar-refractivity contribution >= 4 is 83.5 Å². The summed E-state index contributed by atoms with van der Waals surface area (Å²) >= 11 is 13.5. The average molecular weight is 624 g/mol. The second kappa shape index (κ2) is 8.54. The molecule has 0 spiro atoms. The van der Waals surface area contributed by atoms with Crippen molar-refractivity contribution in [3.63, 3.8) is 0 Å². The van der Waals surface area contributed by atoms with Gasteiger partial charge in [-0.3, -0.25) is 4.79 Å². The molecule has 0 aliphatic rings. The van der Waals surface area contributed by atoms with Crippen LogP contribution in [0.3, 0.4) is 0 Å². The van der Waals surface area contributed by atoms with Crippen LogP contribution in [0.4, 0.5) is 0 Å². The first-order valence-corrected chi connectivity index (χ1v) is 12.3. The highest BCUT2D eigenvalue weighted by Crippen LogP contribution is 2.33. The minimum Gasteiger partial charge on any atom is -0.487 e. The molecule has 154 valence electrons. The molecule has 0 bridgehead atoms. The number of nitrogens with zero attached hydrogens (tertiary/aromatic N) is 2. The van der Waals surface area contributed by atoms with Gasteiger partial charge in [-0.05, 0) is 80.5 Å². The molecular weight excluding hydrogens is 611 g/mol. The molecule has 8 heteroatoms. The summed E-state index contributed by atoms with van der Waals surface area (Å²) < 4.78 is 10.1. The van der Waals surface area contributed by atoms with Gasteiger partial charge in [-0.15, -0.1) is 0 Å². The molecule has 0 fully saturated rings. The number of rotatable bonds is 4. The van der Waals surface area contributed by atoms with Crippen molar-refractivity contribution in [2.24, 2.45) is 0 Å². The van der Waals surface area contributed by atoms with Gasteiger partial charge in [-0.25, -0.2) is 9.38 Å². The summed E-state index contributed by atoms with van der Waals surface area (Å²) in [5, 5.41) is 0.678. The topological polar surface area (TPSA) is 43.6 Å². The Kier molecular flexibility index (Phi) is 5.76. The lowest BCUT2D eigenvalue weighted by atomic mass is 10.2. The number of para-hydroxylation sites is 2. The van der Waals surface area contributed by atoms with Gasteiger partial charge in [0.05, 0.1) is 23.6 Å². The van der Waals surface area contributed by atoms with Gasteiger partial charge < -0.3 is 4.74 Å². The second-order valence-corrected chi connectivity index (χ2v) is 10.3. The first-order chi connectivity index (χ1) is 15.0. The molecule has 0 unspecified atom stereocenters. The minimum absolute atomic E-state index is 0.0566.